The minimum atomic E-state index is -3.92. The second kappa shape index (κ2) is 5.67. The van der Waals surface area contributed by atoms with Crippen molar-refractivity contribution >= 4 is 10.1 Å². The molecule has 0 N–H and O–H groups in total. The fourth-order valence-corrected chi connectivity index (χ4v) is 3.37. The van der Waals surface area contributed by atoms with Crippen LogP contribution in [0.2, 0.25) is 0 Å². The SMILES string of the molecule is CS(=O)(=O)[O-].C[N+]1(C)CCCC2CCCCC21. The predicted octanol–water partition coefficient (Wildman–Crippen LogP) is 1.58. The largest absolute Gasteiger partial charge is 0.748 e. The van der Waals surface area contributed by atoms with E-state index in [-0.39, 0.29) is 0 Å². The van der Waals surface area contributed by atoms with E-state index in [9.17, 15) is 0 Å². The van der Waals surface area contributed by atoms with Crippen LogP contribution in [0.4, 0.5) is 0 Å². The molecule has 1 saturated carbocycles. The molecule has 0 amide bonds. The molecule has 0 radical (unpaired) electrons. The fraction of sp³-hybridized carbons (Fsp3) is 1.00. The maximum atomic E-state index is 9.08. The third-order valence-corrected chi connectivity index (χ3v) is 4.08. The van der Waals surface area contributed by atoms with E-state index in [2.05, 4.69) is 14.1 Å². The van der Waals surface area contributed by atoms with E-state index in [1.54, 1.807) is 0 Å². The highest BCUT2D eigenvalue weighted by Crippen LogP contribution is 2.37. The third kappa shape index (κ3) is 5.36. The summed E-state index contributed by atoms with van der Waals surface area (Å²) in [5, 5.41) is 0. The van der Waals surface area contributed by atoms with Gasteiger partial charge < -0.3 is 9.04 Å². The van der Waals surface area contributed by atoms with Gasteiger partial charge in [0.2, 0.25) is 0 Å². The van der Waals surface area contributed by atoms with Crippen molar-refractivity contribution in [1.82, 2.24) is 0 Å². The molecular weight excluding hydrogens is 238 g/mol. The smallest absolute Gasteiger partial charge is 0.0916 e. The van der Waals surface area contributed by atoms with Gasteiger partial charge in [0.15, 0.2) is 0 Å². The Hall–Kier alpha value is -0.130. The Balaban J connectivity index is 0.000000249. The molecule has 2 atom stereocenters. The maximum absolute atomic E-state index is 9.08. The summed E-state index contributed by atoms with van der Waals surface area (Å²) in [6.45, 7) is 1.42. The summed E-state index contributed by atoms with van der Waals surface area (Å²) in [5.41, 5.74) is 0. The van der Waals surface area contributed by atoms with Gasteiger partial charge in [-0.25, -0.2) is 8.42 Å². The second-order valence-electron chi connectivity index (χ2n) is 5.96. The minimum Gasteiger partial charge on any atom is -0.748 e. The van der Waals surface area contributed by atoms with Crippen molar-refractivity contribution in [1.29, 1.82) is 0 Å². The quantitative estimate of drug-likeness (QED) is 0.492. The maximum Gasteiger partial charge on any atom is 0.0916 e. The molecule has 5 heteroatoms. The molecule has 17 heavy (non-hydrogen) atoms. The molecular formula is C12H25NO3S. The van der Waals surface area contributed by atoms with Gasteiger partial charge in [-0.1, -0.05) is 6.42 Å². The Labute approximate surface area is 105 Å². The zero-order valence-electron chi connectivity index (χ0n) is 11.2. The molecule has 0 bridgehead atoms. The predicted molar refractivity (Wildman–Crippen MR) is 67.6 cm³/mol. The lowest BCUT2D eigenvalue weighted by atomic mass is 9.77. The summed E-state index contributed by atoms with van der Waals surface area (Å²) in [4.78, 5) is 0. The van der Waals surface area contributed by atoms with Crippen molar-refractivity contribution in [3.8, 4) is 0 Å². The molecule has 1 aliphatic carbocycles. The minimum absolute atomic E-state index is 0.604. The van der Waals surface area contributed by atoms with E-state index in [1.165, 1.54) is 49.6 Å². The van der Waals surface area contributed by atoms with Crippen LogP contribution in [0, 0.1) is 5.92 Å². The molecule has 1 heterocycles. The van der Waals surface area contributed by atoms with Crippen LogP contribution in [0.15, 0.2) is 0 Å². The fourth-order valence-electron chi connectivity index (χ4n) is 3.37. The van der Waals surface area contributed by atoms with Crippen LogP contribution in [0.5, 0.6) is 0 Å². The number of hydrogen-bond acceptors (Lipinski definition) is 3. The van der Waals surface area contributed by atoms with Crippen molar-refractivity contribution in [3.05, 3.63) is 0 Å². The van der Waals surface area contributed by atoms with Gasteiger partial charge in [0.1, 0.15) is 0 Å². The zero-order chi connectivity index (χ0) is 13.1. The van der Waals surface area contributed by atoms with E-state index in [1.807, 2.05) is 0 Å². The topological polar surface area (TPSA) is 57.2 Å². The molecule has 0 aromatic carbocycles. The standard InChI is InChI=1S/C11H22N.CH4O3S/c1-12(2)9-5-7-10-6-3-4-8-11(10)12;1-5(2,3)4/h10-11H,3-9H2,1-2H3;1H3,(H,2,3,4)/q+1;/p-1. The Morgan fingerprint density at radius 2 is 1.53 bits per heavy atom. The Morgan fingerprint density at radius 3 is 2.06 bits per heavy atom. The van der Waals surface area contributed by atoms with Crippen molar-refractivity contribution in [3.63, 3.8) is 0 Å². The molecule has 102 valence electrons. The first-order chi connectivity index (χ1) is 7.70. The molecule has 4 nitrogen and oxygen atoms in total. The lowest BCUT2D eigenvalue weighted by molar-refractivity contribution is -0.925. The number of piperidine rings is 1. The highest BCUT2D eigenvalue weighted by Gasteiger charge is 2.39. The lowest BCUT2D eigenvalue weighted by Crippen LogP contribution is -2.56. The van der Waals surface area contributed by atoms with E-state index in [4.69, 9.17) is 13.0 Å². The molecule has 1 aliphatic heterocycles. The number of fused-ring (bicyclic) bond motifs is 1. The van der Waals surface area contributed by atoms with Crippen LogP contribution in [-0.2, 0) is 10.1 Å². The molecule has 2 unspecified atom stereocenters. The van der Waals surface area contributed by atoms with Crippen molar-refractivity contribution < 1.29 is 17.5 Å². The van der Waals surface area contributed by atoms with Crippen LogP contribution in [0.25, 0.3) is 0 Å². The third-order valence-electron chi connectivity index (χ3n) is 4.08. The molecule has 0 aromatic heterocycles. The van der Waals surface area contributed by atoms with Gasteiger partial charge in [-0.2, -0.15) is 0 Å². The number of quaternary nitrogens is 1. The van der Waals surface area contributed by atoms with Gasteiger partial charge in [-0.3, -0.25) is 0 Å². The van der Waals surface area contributed by atoms with Crippen LogP contribution in [0.3, 0.4) is 0 Å². The highest BCUT2D eigenvalue weighted by molar-refractivity contribution is 7.84. The average Bonchev–Trinajstić information content (AvgIpc) is 2.15. The van der Waals surface area contributed by atoms with Gasteiger partial charge in [0, 0.05) is 12.2 Å². The number of rotatable bonds is 0. The molecule has 2 aliphatic rings. The van der Waals surface area contributed by atoms with Gasteiger partial charge in [-0.05, 0) is 32.1 Å². The number of likely N-dealkylation sites (tertiary alicyclic amines) is 1. The first-order valence-electron chi connectivity index (χ1n) is 6.44. The molecule has 0 spiro atoms. The first kappa shape index (κ1) is 14.9. The monoisotopic (exact) mass is 263 g/mol. The Morgan fingerprint density at radius 1 is 1.06 bits per heavy atom. The van der Waals surface area contributed by atoms with Crippen LogP contribution in [-0.4, -0.2) is 50.4 Å². The van der Waals surface area contributed by atoms with Crippen LogP contribution in [0.1, 0.15) is 38.5 Å². The average molecular weight is 263 g/mol. The Bertz CT molecular complexity index is 328. The van der Waals surface area contributed by atoms with E-state index < -0.39 is 10.1 Å². The molecule has 2 rings (SSSR count). The molecule has 1 saturated heterocycles. The summed E-state index contributed by atoms with van der Waals surface area (Å²) < 4.78 is 28.5. The zero-order valence-corrected chi connectivity index (χ0v) is 12.0. The van der Waals surface area contributed by atoms with E-state index in [0.717, 1.165) is 12.0 Å². The number of nitrogens with zero attached hydrogens (tertiary/aromatic N) is 1. The number of hydrogen-bond donors (Lipinski definition) is 0. The summed E-state index contributed by atoms with van der Waals surface area (Å²) in [6, 6.07) is 1.01. The van der Waals surface area contributed by atoms with Gasteiger partial charge in [0.25, 0.3) is 0 Å². The lowest BCUT2D eigenvalue weighted by Gasteiger charge is -2.48. The Kier molecular flexibility index (Phi) is 4.98. The molecule has 0 aromatic rings. The van der Waals surface area contributed by atoms with Crippen molar-refractivity contribution in [2.24, 2.45) is 5.92 Å². The van der Waals surface area contributed by atoms with Gasteiger partial charge >= 0.3 is 0 Å². The second-order valence-corrected chi connectivity index (χ2v) is 7.37. The van der Waals surface area contributed by atoms with E-state index in [0.29, 0.717) is 6.26 Å². The van der Waals surface area contributed by atoms with E-state index >= 15 is 0 Å². The summed E-state index contributed by atoms with van der Waals surface area (Å²) in [7, 11) is 0.949. The van der Waals surface area contributed by atoms with Crippen molar-refractivity contribution in [2.45, 2.75) is 44.6 Å². The summed E-state index contributed by atoms with van der Waals surface area (Å²) in [6.07, 6.45) is 9.60. The van der Waals surface area contributed by atoms with Crippen molar-refractivity contribution in [2.75, 3.05) is 26.9 Å². The van der Waals surface area contributed by atoms with Gasteiger partial charge in [0.05, 0.1) is 36.8 Å². The molecule has 2 fully saturated rings. The van der Waals surface area contributed by atoms with Gasteiger partial charge in [-0.15, -0.1) is 0 Å². The normalized spacial score (nSPS) is 32.0. The van der Waals surface area contributed by atoms with Crippen LogP contribution < -0.4 is 0 Å². The summed E-state index contributed by atoms with van der Waals surface area (Å²) in [5.74, 6) is 1.07. The van der Waals surface area contributed by atoms with Crippen LogP contribution >= 0.6 is 0 Å². The first-order valence-corrected chi connectivity index (χ1v) is 8.25. The highest BCUT2D eigenvalue weighted by atomic mass is 32.2. The summed E-state index contributed by atoms with van der Waals surface area (Å²) >= 11 is 0.